The van der Waals surface area contributed by atoms with Crippen LogP contribution < -0.4 is 10.2 Å². The van der Waals surface area contributed by atoms with Crippen molar-refractivity contribution < 1.29 is 42.0 Å². The van der Waals surface area contributed by atoms with Gasteiger partial charge in [-0.05, 0) is 85.4 Å². The Hall–Kier alpha value is -6.67. The lowest BCUT2D eigenvalue weighted by atomic mass is 10.0. The van der Waals surface area contributed by atoms with Crippen molar-refractivity contribution in [2.75, 3.05) is 37.7 Å². The molecule has 2 aromatic carbocycles. The summed E-state index contributed by atoms with van der Waals surface area (Å²) >= 11 is 0. The monoisotopic (exact) mass is 858 g/mol. The number of fused-ring (bicyclic) bond motifs is 4. The SMILES string of the molecule is Cc1c(CN(C)C(=O)/C=C/c2cnc3c(c2)CCC(=O)N3)oc2ccccc12.Cc1c(CN(C)C(=O)/C=C/c2cnc3c(c2)CCC(=O)N3COP(C)(=O)O)oc2ccccc12. The number of aromatic nitrogens is 2. The zero-order chi connectivity index (χ0) is 44.1. The molecule has 0 saturated carbocycles. The van der Waals surface area contributed by atoms with E-state index in [0.29, 0.717) is 49.6 Å². The Balaban J connectivity index is 0.000000190. The van der Waals surface area contributed by atoms with Crippen LogP contribution in [0.2, 0.25) is 0 Å². The highest BCUT2D eigenvalue weighted by atomic mass is 31.2. The average Bonchev–Trinajstić information content (AvgIpc) is 3.75. The maximum absolute atomic E-state index is 12.7. The number of carbonyl (C=O) groups excluding carboxylic acids is 4. The van der Waals surface area contributed by atoms with E-state index in [1.807, 2.05) is 74.5 Å². The molecule has 62 heavy (non-hydrogen) atoms. The second kappa shape index (κ2) is 18.5. The van der Waals surface area contributed by atoms with Crippen LogP contribution in [-0.4, -0.2) is 75.8 Å². The number of hydrogen-bond acceptors (Lipinski definition) is 10. The molecule has 2 aliphatic rings. The summed E-state index contributed by atoms with van der Waals surface area (Å²) in [5, 5.41) is 4.86. The molecule has 6 aromatic rings. The van der Waals surface area contributed by atoms with Crippen molar-refractivity contribution in [1.29, 1.82) is 0 Å². The summed E-state index contributed by atoms with van der Waals surface area (Å²) in [7, 11) is -0.271. The maximum atomic E-state index is 12.7. The number of rotatable bonds is 11. The van der Waals surface area contributed by atoms with Crippen molar-refractivity contribution in [3.8, 4) is 0 Å². The van der Waals surface area contributed by atoms with Crippen LogP contribution in [-0.2, 0) is 54.2 Å². The zero-order valence-electron chi connectivity index (χ0n) is 35.1. The number of carbonyl (C=O) groups is 4. The molecule has 0 saturated heterocycles. The number of furan rings is 2. The van der Waals surface area contributed by atoms with Gasteiger partial charge in [-0.2, -0.15) is 0 Å². The van der Waals surface area contributed by atoms with Crippen molar-refractivity contribution in [1.82, 2.24) is 19.8 Å². The summed E-state index contributed by atoms with van der Waals surface area (Å²) in [6.07, 6.45) is 11.5. The van der Waals surface area contributed by atoms with Crippen LogP contribution in [0, 0.1) is 13.8 Å². The predicted molar refractivity (Wildman–Crippen MR) is 236 cm³/mol. The number of hydrogen-bond donors (Lipinski definition) is 2. The first kappa shape index (κ1) is 43.4. The minimum absolute atomic E-state index is 0.0130. The lowest BCUT2D eigenvalue weighted by Crippen LogP contribution is -2.37. The number of likely N-dealkylation sites (N-methyl/N-ethyl adjacent to an activating group) is 2. The fourth-order valence-corrected chi connectivity index (χ4v) is 7.46. The fourth-order valence-electron chi connectivity index (χ4n) is 7.13. The Labute approximate surface area is 358 Å². The van der Waals surface area contributed by atoms with Crippen molar-refractivity contribution in [2.45, 2.75) is 52.6 Å². The van der Waals surface area contributed by atoms with E-state index in [-0.39, 0.29) is 36.8 Å². The molecule has 0 bridgehead atoms. The summed E-state index contributed by atoms with van der Waals surface area (Å²) < 4.78 is 28.1. The third-order valence-corrected chi connectivity index (χ3v) is 11.3. The number of aryl methyl sites for hydroxylation is 4. The quantitative estimate of drug-likeness (QED) is 0.0966. The number of benzene rings is 2. The van der Waals surface area contributed by atoms with Gasteiger partial charge >= 0.3 is 7.60 Å². The first-order chi connectivity index (χ1) is 29.6. The molecule has 16 heteroatoms. The summed E-state index contributed by atoms with van der Waals surface area (Å²) in [5.74, 6) is 1.98. The summed E-state index contributed by atoms with van der Waals surface area (Å²) in [5.41, 5.74) is 7.02. The van der Waals surface area contributed by atoms with E-state index in [2.05, 4.69) is 15.3 Å². The second-order valence-corrected chi connectivity index (χ2v) is 17.2. The van der Waals surface area contributed by atoms with Crippen LogP contribution in [0.5, 0.6) is 0 Å². The summed E-state index contributed by atoms with van der Waals surface area (Å²) in [6, 6.07) is 19.4. The number of amides is 4. The van der Waals surface area contributed by atoms with Crippen molar-refractivity contribution in [3.05, 3.63) is 130 Å². The van der Waals surface area contributed by atoms with Crippen LogP contribution in [0.25, 0.3) is 34.1 Å². The van der Waals surface area contributed by atoms with Crippen molar-refractivity contribution >= 4 is 77.0 Å². The molecule has 4 amide bonds. The first-order valence-corrected chi connectivity index (χ1v) is 22.0. The molecule has 320 valence electrons. The lowest BCUT2D eigenvalue weighted by Gasteiger charge is -2.28. The zero-order valence-corrected chi connectivity index (χ0v) is 36.0. The highest BCUT2D eigenvalue weighted by Gasteiger charge is 2.27. The van der Waals surface area contributed by atoms with Gasteiger partial charge in [0.15, 0.2) is 0 Å². The normalized spacial score (nSPS) is 14.6. The van der Waals surface area contributed by atoms with E-state index in [1.165, 1.54) is 17.1 Å². The van der Waals surface area contributed by atoms with Gasteiger partial charge in [0.05, 0.1) is 13.1 Å². The van der Waals surface area contributed by atoms with Crippen LogP contribution >= 0.6 is 7.60 Å². The third-order valence-electron chi connectivity index (χ3n) is 10.7. The Kier molecular flexibility index (Phi) is 13.0. The summed E-state index contributed by atoms with van der Waals surface area (Å²) in [6.45, 7) is 5.45. The van der Waals surface area contributed by atoms with Gasteiger partial charge in [0.1, 0.15) is 41.1 Å². The van der Waals surface area contributed by atoms with E-state index in [1.54, 1.807) is 48.4 Å². The molecule has 1 atom stereocenters. The van der Waals surface area contributed by atoms with Gasteiger partial charge in [-0.25, -0.2) is 9.97 Å². The highest BCUT2D eigenvalue weighted by Crippen LogP contribution is 2.38. The van der Waals surface area contributed by atoms with Gasteiger partial charge in [0.2, 0.25) is 23.6 Å². The molecular weight excluding hydrogens is 812 g/mol. The van der Waals surface area contributed by atoms with Crippen molar-refractivity contribution in [3.63, 3.8) is 0 Å². The highest BCUT2D eigenvalue weighted by molar-refractivity contribution is 7.51. The minimum atomic E-state index is -3.73. The molecule has 6 heterocycles. The van der Waals surface area contributed by atoms with E-state index >= 15 is 0 Å². The molecule has 0 aliphatic carbocycles. The Bertz CT molecular complexity index is 2800. The fraction of sp³-hybridized carbons (Fsp3) is 0.261. The van der Waals surface area contributed by atoms with E-state index in [4.69, 9.17) is 13.4 Å². The number of nitrogens with zero attached hydrogens (tertiary/aromatic N) is 5. The molecule has 0 radical (unpaired) electrons. The van der Waals surface area contributed by atoms with Gasteiger partial charge in [0.25, 0.3) is 0 Å². The molecule has 2 N–H and O–H groups in total. The van der Waals surface area contributed by atoms with Crippen LogP contribution in [0.4, 0.5) is 11.6 Å². The van der Waals surface area contributed by atoms with Crippen LogP contribution in [0.1, 0.15) is 57.7 Å². The Morgan fingerprint density at radius 2 is 1.32 bits per heavy atom. The molecule has 8 rings (SSSR count). The number of nitrogens with one attached hydrogen (secondary N) is 1. The smallest absolute Gasteiger partial charge is 0.326 e. The molecule has 15 nitrogen and oxygen atoms in total. The largest absolute Gasteiger partial charge is 0.459 e. The third kappa shape index (κ3) is 10.3. The van der Waals surface area contributed by atoms with Crippen LogP contribution in [0.15, 0.2) is 94.0 Å². The molecule has 0 spiro atoms. The van der Waals surface area contributed by atoms with Crippen LogP contribution in [0.3, 0.4) is 0 Å². The minimum Gasteiger partial charge on any atom is -0.459 e. The number of anilines is 2. The maximum Gasteiger partial charge on any atom is 0.326 e. The van der Waals surface area contributed by atoms with E-state index in [0.717, 1.165) is 67.9 Å². The van der Waals surface area contributed by atoms with Gasteiger partial charge in [-0.15, -0.1) is 0 Å². The topological polar surface area (TPSA) is 189 Å². The van der Waals surface area contributed by atoms with Gasteiger partial charge in [0, 0.05) is 80.0 Å². The van der Waals surface area contributed by atoms with Gasteiger partial charge < -0.3 is 28.8 Å². The molecular formula is C46H47N6O9P. The molecule has 2 aliphatic heterocycles. The molecule has 1 unspecified atom stereocenters. The van der Waals surface area contributed by atoms with Gasteiger partial charge in [-0.1, -0.05) is 36.4 Å². The first-order valence-electron chi connectivity index (χ1n) is 20.0. The number of pyridine rings is 2. The van der Waals surface area contributed by atoms with E-state index in [9.17, 15) is 28.6 Å². The second-order valence-electron chi connectivity index (χ2n) is 15.3. The molecule has 0 fully saturated rings. The van der Waals surface area contributed by atoms with E-state index < -0.39 is 7.60 Å². The van der Waals surface area contributed by atoms with Gasteiger partial charge in [-0.3, -0.25) is 33.2 Å². The lowest BCUT2D eigenvalue weighted by molar-refractivity contribution is -0.126. The molecule has 4 aromatic heterocycles. The number of para-hydroxylation sites is 2. The predicted octanol–water partition coefficient (Wildman–Crippen LogP) is 7.57. The Morgan fingerprint density at radius 3 is 1.87 bits per heavy atom. The Morgan fingerprint density at radius 1 is 0.806 bits per heavy atom. The van der Waals surface area contributed by atoms with Crippen molar-refractivity contribution in [2.24, 2.45) is 0 Å². The standard InChI is InChI=1S/C24H26N3O6P.C22H21N3O3/c1-16-19-6-4-5-7-20(19)33-21(16)14-26(2)22(28)10-8-17-12-18-9-11-23(29)27(24(18)25-13-17)15-32-34(3,30)31;1-14-17-5-3-4-6-18(17)28-19(14)13-25(2)21(27)10-7-15-11-16-8-9-20(26)24-22(16)23-12-15/h4-8,10,12-13H,9,11,14-15H2,1-3H3,(H,30,31);3-7,10-12H,8-9,13H2,1-2H3,(H,23,24,26)/b10-8+;10-7+. The summed E-state index contributed by atoms with van der Waals surface area (Å²) in [4.78, 5) is 71.2. The average molecular weight is 859 g/mol.